The molecule has 5 heavy (non-hydrogen) atoms. The molecular formula is H5AlInN3. The maximum atomic E-state index is 7.37. The van der Waals surface area contributed by atoms with Crippen LogP contribution in [-0.4, -0.2) is 42.4 Å². The first-order valence-electron chi connectivity index (χ1n) is 0.847. The molecule has 5 heteroatoms. The topological polar surface area (TPSA) is 48.8 Å². The summed E-state index contributed by atoms with van der Waals surface area (Å²) in [5.41, 5.74) is 7.37. The standard InChI is InChI=1S/Al.In.N3.5H/c;;1-3-2;;;;;/q+1;;-1;;;;;. The Morgan fingerprint density at radius 2 is 2.00 bits per heavy atom. The van der Waals surface area contributed by atoms with Crippen molar-refractivity contribution in [2.24, 2.45) is 4.10 Å². The van der Waals surface area contributed by atoms with Crippen molar-refractivity contribution in [3.8, 4) is 0 Å². The second-order valence-corrected chi connectivity index (χ2v) is 0.689. The van der Waals surface area contributed by atoms with Gasteiger partial charge in [0, 0.05) is 0 Å². The van der Waals surface area contributed by atoms with E-state index in [-0.39, 0.29) is 25.8 Å². The third-order valence-electron chi connectivity index (χ3n) is 0.0894. The van der Waals surface area contributed by atoms with Crippen LogP contribution < -0.4 is 0 Å². The van der Waals surface area contributed by atoms with Crippen LogP contribution in [0.15, 0.2) is 4.10 Å². The van der Waals surface area contributed by atoms with Crippen LogP contribution in [0.3, 0.4) is 0 Å². The molecule has 0 rings (SSSR count). The molecule has 0 saturated heterocycles. The summed E-state index contributed by atoms with van der Waals surface area (Å²) in [5, 5.41) is 0. The van der Waals surface area contributed by atoms with E-state index >= 15 is 0 Å². The van der Waals surface area contributed by atoms with E-state index < -0.39 is 0 Å². The zero-order valence-corrected chi connectivity index (χ0v) is 4.34. The molecular weight excluding hydrogens is 184 g/mol. The van der Waals surface area contributed by atoms with Crippen molar-refractivity contribution in [2.75, 3.05) is 0 Å². The van der Waals surface area contributed by atoms with Crippen molar-refractivity contribution >= 4 is 42.4 Å². The zero-order chi connectivity index (χ0) is 3.41. The van der Waals surface area contributed by atoms with Crippen molar-refractivity contribution in [1.82, 2.24) is 0 Å². The summed E-state index contributed by atoms with van der Waals surface area (Å²) < 4.78 is 3.06. The third kappa shape index (κ3) is 11.8. The van der Waals surface area contributed by atoms with Gasteiger partial charge in [0.15, 0.2) is 0 Å². The van der Waals surface area contributed by atoms with Gasteiger partial charge < -0.3 is 0 Å². The normalized spacial score (nSPS) is 3.20. The van der Waals surface area contributed by atoms with E-state index in [4.69, 9.17) is 5.53 Å². The Kier molecular flexibility index (Phi) is 16.3. The Morgan fingerprint density at radius 1 is 1.80 bits per heavy atom. The summed E-state index contributed by atoms with van der Waals surface area (Å²) in [4.78, 5) is 2.42. The fraction of sp³-hybridized carbons (Fsp3) is 0. The van der Waals surface area contributed by atoms with Crippen LogP contribution in [0.1, 0.15) is 0 Å². The van der Waals surface area contributed by atoms with Crippen molar-refractivity contribution in [3.63, 3.8) is 0 Å². The van der Waals surface area contributed by atoms with Crippen LogP contribution >= 0.6 is 0 Å². The Morgan fingerprint density at radius 3 is 2.00 bits per heavy atom. The van der Waals surface area contributed by atoms with E-state index in [1.807, 2.05) is 0 Å². The van der Waals surface area contributed by atoms with Gasteiger partial charge in [-0.3, -0.25) is 0 Å². The molecule has 0 fully saturated rings. The van der Waals surface area contributed by atoms with E-state index in [9.17, 15) is 0 Å². The predicted molar refractivity (Wildman–Crippen MR) is 27.6 cm³/mol. The van der Waals surface area contributed by atoms with Gasteiger partial charge in [-0.1, -0.05) is 0 Å². The molecule has 0 bridgehead atoms. The van der Waals surface area contributed by atoms with E-state index in [0.717, 1.165) is 0 Å². The summed E-state index contributed by atoms with van der Waals surface area (Å²) in [6.07, 6.45) is 0. The average Bonchev–Trinajstić information content (AvgIpc) is 1.37. The number of azide groups is 1. The molecule has 0 aliphatic rings. The van der Waals surface area contributed by atoms with Crippen molar-refractivity contribution in [2.45, 2.75) is 0 Å². The van der Waals surface area contributed by atoms with Crippen LogP contribution in [0.4, 0.5) is 0 Å². The summed E-state index contributed by atoms with van der Waals surface area (Å²) >= 11 is 0.598. The maximum absolute atomic E-state index is 7.37. The maximum Gasteiger partial charge on any atom is 0.340 e. The quantitative estimate of drug-likeness (QED) is 0.196. The van der Waals surface area contributed by atoms with E-state index in [0.29, 0.717) is 16.5 Å². The monoisotopic (exact) mass is 189 g/mol. The number of nitrogens with zero attached hydrogens (tertiary/aromatic N) is 3. The molecule has 0 aliphatic heterocycles. The minimum Gasteiger partial charge on any atom is -0.212 e. The Hall–Kier alpha value is 0.713. The Balaban J connectivity index is 0. The summed E-state index contributed by atoms with van der Waals surface area (Å²) in [5.74, 6) is 0. The molecule has 0 aromatic heterocycles. The van der Waals surface area contributed by atoms with Crippen LogP contribution in [0.25, 0.3) is 10.4 Å². The molecule has 0 aromatic rings. The van der Waals surface area contributed by atoms with Crippen LogP contribution in [0, 0.1) is 0 Å². The fourth-order valence-corrected chi connectivity index (χ4v) is 0. The molecule has 0 radical (unpaired) electrons. The Labute approximate surface area is 56.8 Å². The second kappa shape index (κ2) is 8.83. The van der Waals surface area contributed by atoms with Gasteiger partial charge in [-0.15, -0.1) is 0 Å². The minimum absolute atomic E-state index is 0. The number of rotatable bonds is 0. The summed E-state index contributed by atoms with van der Waals surface area (Å²) in [6, 6.07) is 0. The first-order chi connectivity index (χ1) is 1.91. The summed E-state index contributed by atoms with van der Waals surface area (Å²) in [7, 11) is 0. The number of hydrogen-bond donors (Lipinski definition) is 0. The van der Waals surface area contributed by atoms with E-state index in [1.165, 1.54) is 0 Å². The minimum atomic E-state index is 0. The van der Waals surface area contributed by atoms with Gasteiger partial charge in [-0.2, -0.15) is 0 Å². The van der Waals surface area contributed by atoms with Crippen LogP contribution in [0.2, 0.25) is 0 Å². The molecule has 0 atom stereocenters. The van der Waals surface area contributed by atoms with Gasteiger partial charge in [0.2, 0.25) is 0 Å². The summed E-state index contributed by atoms with van der Waals surface area (Å²) in [6.45, 7) is 0. The molecule has 0 aromatic carbocycles. The second-order valence-electron chi connectivity index (χ2n) is 0.289. The first-order valence-corrected chi connectivity index (χ1v) is 1.74. The first kappa shape index (κ1) is 9.20. The van der Waals surface area contributed by atoms with Gasteiger partial charge in [0.1, 0.15) is 0 Å². The molecule has 0 unspecified atom stereocenters. The van der Waals surface area contributed by atoms with Crippen LogP contribution in [-0.2, 0) is 0 Å². The van der Waals surface area contributed by atoms with E-state index in [2.05, 4.69) is 9.01 Å². The molecule has 0 N–H and O–H groups in total. The van der Waals surface area contributed by atoms with Gasteiger partial charge in [-0.05, 0) is 10.4 Å². The van der Waals surface area contributed by atoms with E-state index in [1.54, 1.807) is 0 Å². The predicted octanol–water partition coefficient (Wildman–Crippen LogP) is -1.34. The Bertz CT molecular complexity index is 44.9. The van der Waals surface area contributed by atoms with Crippen molar-refractivity contribution in [3.05, 3.63) is 10.4 Å². The molecule has 0 aliphatic carbocycles. The molecule has 0 saturated carbocycles. The van der Waals surface area contributed by atoms with Gasteiger partial charge in [-0.25, -0.2) is 4.10 Å². The van der Waals surface area contributed by atoms with Crippen LogP contribution in [0.5, 0.6) is 0 Å². The molecule has 3 nitrogen and oxygen atoms in total. The average molecular weight is 189 g/mol. The smallest absolute Gasteiger partial charge is 0.212 e. The van der Waals surface area contributed by atoms with Gasteiger partial charge in [0.05, 0.1) is 0 Å². The molecule has 0 spiro atoms. The number of hydrogen-bond acceptors (Lipinski definition) is 1. The molecule has 0 amide bonds. The largest absolute Gasteiger partial charge is 0.340 e. The van der Waals surface area contributed by atoms with Gasteiger partial charge in [0.25, 0.3) is 0 Å². The third-order valence-corrected chi connectivity index (χ3v) is 0.268. The van der Waals surface area contributed by atoms with Crippen molar-refractivity contribution in [1.29, 1.82) is 0 Å². The molecule has 26 valence electrons. The fourth-order valence-electron chi connectivity index (χ4n) is 0. The van der Waals surface area contributed by atoms with Crippen molar-refractivity contribution < 1.29 is 0 Å². The zero-order valence-electron chi connectivity index (χ0n) is 2.34. The SMILES string of the molecule is [InH3].[N-]=[N+]=[N][AlH2]. The molecule has 0 heterocycles. The van der Waals surface area contributed by atoms with Gasteiger partial charge >= 0.3 is 42.4 Å².